The van der Waals surface area contributed by atoms with E-state index in [-0.39, 0.29) is 0 Å². The second-order valence-corrected chi connectivity index (χ2v) is 5.72. The van der Waals surface area contributed by atoms with E-state index >= 15 is 0 Å². The van der Waals surface area contributed by atoms with Crippen molar-refractivity contribution in [3.63, 3.8) is 0 Å². The molecule has 0 amide bonds. The lowest BCUT2D eigenvalue weighted by atomic mass is 9.99. The van der Waals surface area contributed by atoms with Crippen LogP contribution in [0.15, 0.2) is 11.4 Å². The SMILES string of the molecule is CC1CCN(Cc2sccc2C#CCN)CC1. The Morgan fingerprint density at radius 1 is 1.47 bits per heavy atom. The van der Waals surface area contributed by atoms with Crippen LogP contribution >= 0.6 is 11.3 Å². The van der Waals surface area contributed by atoms with Crippen LogP contribution in [0.5, 0.6) is 0 Å². The van der Waals surface area contributed by atoms with Gasteiger partial charge in [-0.2, -0.15) is 0 Å². The van der Waals surface area contributed by atoms with Crippen molar-refractivity contribution in [3.8, 4) is 11.8 Å². The van der Waals surface area contributed by atoms with Crippen LogP contribution in [0, 0.1) is 17.8 Å². The Bertz CT molecular complexity index is 405. The van der Waals surface area contributed by atoms with Crippen LogP contribution in [-0.4, -0.2) is 24.5 Å². The Kier molecular flexibility index (Phi) is 4.61. The van der Waals surface area contributed by atoms with Crippen LogP contribution in [0.2, 0.25) is 0 Å². The van der Waals surface area contributed by atoms with Crippen LogP contribution in [-0.2, 0) is 6.54 Å². The van der Waals surface area contributed by atoms with E-state index < -0.39 is 0 Å². The molecule has 2 rings (SSSR count). The van der Waals surface area contributed by atoms with E-state index in [9.17, 15) is 0 Å². The van der Waals surface area contributed by atoms with Gasteiger partial charge in [0.1, 0.15) is 0 Å². The number of rotatable bonds is 2. The van der Waals surface area contributed by atoms with Gasteiger partial charge in [-0.25, -0.2) is 0 Å². The van der Waals surface area contributed by atoms with Gasteiger partial charge in [0.25, 0.3) is 0 Å². The monoisotopic (exact) mass is 248 g/mol. The zero-order valence-corrected chi connectivity index (χ0v) is 11.2. The van der Waals surface area contributed by atoms with E-state index in [4.69, 9.17) is 5.73 Å². The molecule has 0 unspecified atom stereocenters. The molecule has 17 heavy (non-hydrogen) atoms. The van der Waals surface area contributed by atoms with E-state index in [0.717, 1.165) is 12.5 Å². The van der Waals surface area contributed by atoms with Gasteiger partial charge in [0.05, 0.1) is 6.54 Å². The summed E-state index contributed by atoms with van der Waals surface area (Å²) in [6, 6.07) is 2.11. The molecular formula is C14H20N2S. The van der Waals surface area contributed by atoms with Gasteiger partial charge in [-0.05, 0) is 43.3 Å². The average Bonchev–Trinajstić information content (AvgIpc) is 2.77. The normalized spacial score (nSPS) is 17.8. The van der Waals surface area contributed by atoms with Gasteiger partial charge in [-0.1, -0.05) is 18.8 Å². The van der Waals surface area contributed by atoms with Gasteiger partial charge in [-0.15, -0.1) is 11.3 Å². The zero-order valence-electron chi connectivity index (χ0n) is 10.4. The van der Waals surface area contributed by atoms with Crippen LogP contribution in [0.4, 0.5) is 0 Å². The lowest BCUT2D eigenvalue weighted by Crippen LogP contribution is -2.32. The van der Waals surface area contributed by atoms with Crippen molar-refractivity contribution in [2.75, 3.05) is 19.6 Å². The topological polar surface area (TPSA) is 29.3 Å². The summed E-state index contributed by atoms with van der Waals surface area (Å²) in [5, 5.41) is 2.13. The van der Waals surface area contributed by atoms with Gasteiger partial charge in [-0.3, -0.25) is 4.90 Å². The molecule has 0 aliphatic carbocycles. The van der Waals surface area contributed by atoms with E-state index in [0.29, 0.717) is 6.54 Å². The number of nitrogens with two attached hydrogens (primary N) is 1. The van der Waals surface area contributed by atoms with Crippen LogP contribution in [0.1, 0.15) is 30.2 Å². The molecule has 2 heterocycles. The minimum absolute atomic E-state index is 0.441. The Labute approximate surface area is 108 Å². The predicted molar refractivity (Wildman–Crippen MR) is 73.9 cm³/mol. The summed E-state index contributed by atoms with van der Waals surface area (Å²) in [6.45, 7) is 6.29. The summed E-state index contributed by atoms with van der Waals surface area (Å²) in [5.74, 6) is 7.00. The first-order chi connectivity index (χ1) is 8.29. The summed E-state index contributed by atoms with van der Waals surface area (Å²) >= 11 is 1.81. The summed E-state index contributed by atoms with van der Waals surface area (Å²) in [6.07, 6.45) is 2.66. The fraction of sp³-hybridized carbons (Fsp3) is 0.571. The first-order valence-corrected chi connectivity index (χ1v) is 7.15. The molecule has 0 radical (unpaired) electrons. The Balaban J connectivity index is 1.96. The minimum atomic E-state index is 0.441. The second kappa shape index (κ2) is 6.20. The third kappa shape index (κ3) is 3.57. The molecule has 2 N–H and O–H groups in total. The van der Waals surface area contributed by atoms with Crippen molar-refractivity contribution >= 4 is 11.3 Å². The van der Waals surface area contributed by atoms with Crippen molar-refractivity contribution in [2.45, 2.75) is 26.3 Å². The fourth-order valence-electron chi connectivity index (χ4n) is 2.14. The molecule has 2 nitrogen and oxygen atoms in total. The third-order valence-electron chi connectivity index (χ3n) is 3.31. The maximum absolute atomic E-state index is 5.41. The fourth-order valence-corrected chi connectivity index (χ4v) is 3.02. The quantitative estimate of drug-likeness (QED) is 0.814. The molecule has 3 heteroatoms. The van der Waals surface area contributed by atoms with Crippen molar-refractivity contribution in [2.24, 2.45) is 11.7 Å². The molecule has 92 valence electrons. The number of thiophene rings is 1. The predicted octanol–water partition coefficient (Wildman–Crippen LogP) is 2.29. The third-order valence-corrected chi connectivity index (χ3v) is 4.22. The number of nitrogens with zero attached hydrogens (tertiary/aromatic N) is 1. The molecule has 1 aromatic rings. The molecule has 1 aliphatic heterocycles. The van der Waals surface area contributed by atoms with Gasteiger partial charge in [0, 0.05) is 17.0 Å². The van der Waals surface area contributed by atoms with E-state index in [1.165, 1.54) is 36.4 Å². The van der Waals surface area contributed by atoms with Crippen molar-refractivity contribution in [1.82, 2.24) is 4.90 Å². The molecule has 0 atom stereocenters. The smallest absolute Gasteiger partial charge is 0.0555 e. The minimum Gasteiger partial charge on any atom is -0.320 e. The van der Waals surface area contributed by atoms with Crippen LogP contribution in [0.3, 0.4) is 0 Å². The summed E-state index contributed by atoms with van der Waals surface area (Å²) in [5.41, 5.74) is 6.58. The van der Waals surface area contributed by atoms with Crippen LogP contribution in [0.25, 0.3) is 0 Å². The number of piperidine rings is 1. The first kappa shape index (κ1) is 12.6. The zero-order chi connectivity index (χ0) is 12.1. The molecule has 1 fully saturated rings. The van der Waals surface area contributed by atoms with Gasteiger partial charge >= 0.3 is 0 Å². The Morgan fingerprint density at radius 3 is 2.94 bits per heavy atom. The number of likely N-dealkylation sites (tertiary alicyclic amines) is 1. The molecule has 1 aliphatic rings. The van der Waals surface area contributed by atoms with Crippen molar-refractivity contribution < 1.29 is 0 Å². The second-order valence-electron chi connectivity index (χ2n) is 4.72. The lowest BCUT2D eigenvalue weighted by Gasteiger charge is -2.29. The first-order valence-electron chi connectivity index (χ1n) is 6.27. The summed E-state index contributed by atoms with van der Waals surface area (Å²) in [4.78, 5) is 3.93. The van der Waals surface area contributed by atoms with Gasteiger partial charge < -0.3 is 5.73 Å². The highest BCUT2D eigenvalue weighted by Crippen LogP contribution is 2.22. The summed E-state index contributed by atoms with van der Waals surface area (Å²) in [7, 11) is 0. The summed E-state index contributed by atoms with van der Waals surface area (Å²) < 4.78 is 0. The molecule has 0 saturated carbocycles. The number of hydrogen-bond donors (Lipinski definition) is 1. The van der Waals surface area contributed by atoms with E-state index in [1.807, 2.05) is 11.3 Å². The van der Waals surface area contributed by atoms with E-state index in [2.05, 4.69) is 35.1 Å². The molecular weight excluding hydrogens is 228 g/mol. The maximum atomic E-state index is 5.41. The maximum Gasteiger partial charge on any atom is 0.0555 e. The highest BCUT2D eigenvalue weighted by Gasteiger charge is 2.16. The standard InChI is InChI=1S/C14H20N2S/c1-12-4-8-16(9-5-12)11-14-13(3-2-7-15)6-10-17-14/h6,10,12H,4-5,7-9,11,15H2,1H3. The van der Waals surface area contributed by atoms with Gasteiger partial charge in [0.15, 0.2) is 0 Å². The van der Waals surface area contributed by atoms with Crippen molar-refractivity contribution in [1.29, 1.82) is 0 Å². The number of hydrogen-bond acceptors (Lipinski definition) is 3. The molecule has 0 spiro atoms. The highest BCUT2D eigenvalue weighted by atomic mass is 32.1. The largest absolute Gasteiger partial charge is 0.320 e. The highest BCUT2D eigenvalue weighted by molar-refractivity contribution is 7.10. The average molecular weight is 248 g/mol. The molecule has 0 aromatic carbocycles. The lowest BCUT2D eigenvalue weighted by molar-refractivity contribution is 0.186. The van der Waals surface area contributed by atoms with E-state index in [1.54, 1.807) is 0 Å². The van der Waals surface area contributed by atoms with Crippen LogP contribution < -0.4 is 5.73 Å². The van der Waals surface area contributed by atoms with Crippen molar-refractivity contribution in [3.05, 3.63) is 21.9 Å². The Morgan fingerprint density at radius 2 is 2.24 bits per heavy atom. The Hall–Kier alpha value is -0.820. The molecule has 1 aromatic heterocycles. The van der Waals surface area contributed by atoms with Gasteiger partial charge in [0.2, 0.25) is 0 Å². The molecule has 0 bridgehead atoms. The molecule has 1 saturated heterocycles.